The van der Waals surface area contributed by atoms with Crippen molar-refractivity contribution in [3.63, 3.8) is 0 Å². The molecule has 0 spiro atoms. The first-order valence-corrected chi connectivity index (χ1v) is 5.68. The summed E-state index contributed by atoms with van der Waals surface area (Å²) >= 11 is 0. The number of hydrogen-bond donors (Lipinski definition) is 1. The Bertz CT molecular complexity index is 443. The van der Waals surface area contributed by atoms with Crippen molar-refractivity contribution in [1.82, 2.24) is 5.48 Å². The van der Waals surface area contributed by atoms with Crippen LogP contribution in [0.25, 0.3) is 0 Å². The highest BCUT2D eigenvalue weighted by Crippen LogP contribution is 2.15. The molecule has 17 heavy (non-hydrogen) atoms. The molecule has 1 aromatic carbocycles. The van der Waals surface area contributed by atoms with E-state index in [4.69, 9.17) is 4.84 Å². The van der Waals surface area contributed by atoms with Gasteiger partial charge in [0.15, 0.2) is 0 Å². The summed E-state index contributed by atoms with van der Waals surface area (Å²) in [6.07, 6.45) is 6.09. The monoisotopic (exact) mass is 235 g/mol. The van der Waals surface area contributed by atoms with E-state index in [0.29, 0.717) is 0 Å². The third-order valence-corrected chi connectivity index (χ3v) is 2.66. The van der Waals surface area contributed by atoms with E-state index in [9.17, 15) is 9.18 Å². The van der Waals surface area contributed by atoms with E-state index in [2.05, 4.69) is 5.48 Å². The fourth-order valence-corrected chi connectivity index (χ4v) is 1.72. The van der Waals surface area contributed by atoms with Gasteiger partial charge in [0.1, 0.15) is 5.82 Å². The van der Waals surface area contributed by atoms with E-state index in [1.807, 2.05) is 6.08 Å². The second kappa shape index (κ2) is 5.48. The Morgan fingerprint density at radius 2 is 2.12 bits per heavy atom. The van der Waals surface area contributed by atoms with E-state index >= 15 is 0 Å². The number of halogens is 1. The Labute approximate surface area is 99.2 Å². The lowest BCUT2D eigenvalue weighted by atomic mass is 10.1. The molecule has 0 saturated carbocycles. The maximum absolute atomic E-state index is 13.3. The van der Waals surface area contributed by atoms with Crippen LogP contribution in [-0.2, 0) is 4.84 Å². The molecule has 0 atom stereocenters. The molecular formula is C13H14FNO2. The summed E-state index contributed by atoms with van der Waals surface area (Å²) in [5.41, 5.74) is 3.42. The van der Waals surface area contributed by atoms with Gasteiger partial charge in [0.2, 0.25) is 0 Å². The van der Waals surface area contributed by atoms with Crippen LogP contribution in [-0.4, -0.2) is 5.97 Å². The van der Waals surface area contributed by atoms with Crippen LogP contribution in [0, 0.1) is 5.82 Å². The second-order valence-electron chi connectivity index (χ2n) is 3.95. The SMILES string of the molecule is O=C(ONC1=CCCCC1)c1ccccc1F. The van der Waals surface area contributed by atoms with Crippen LogP contribution in [0.5, 0.6) is 0 Å². The van der Waals surface area contributed by atoms with Gasteiger partial charge >= 0.3 is 5.97 Å². The third kappa shape index (κ3) is 3.06. The molecule has 0 aromatic heterocycles. The van der Waals surface area contributed by atoms with Crippen LogP contribution in [0.2, 0.25) is 0 Å². The number of allylic oxidation sites excluding steroid dienone is 2. The van der Waals surface area contributed by atoms with Crippen LogP contribution < -0.4 is 5.48 Å². The van der Waals surface area contributed by atoms with Gasteiger partial charge in [-0.05, 0) is 37.8 Å². The van der Waals surface area contributed by atoms with Crippen LogP contribution in [0.4, 0.5) is 4.39 Å². The Morgan fingerprint density at radius 3 is 2.82 bits per heavy atom. The lowest BCUT2D eigenvalue weighted by Crippen LogP contribution is -2.21. The maximum atomic E-state index is 13.3. The average Bonchev–Trinajstić information content (AvgIpc) is 2.38. The third-order valence-electron chi connectivity index (χ3n) is 2.66. The number of carbonyl (C=O) groups excluding carboxylic acids is 1. The van der Waals surface area contributed by atoms with Gasteiger partial charge in [-0.2, -0.15) is 0 Å². The predicted molar refractivity (Wildman–Crippen MR) is 61.5 cm³/mol. The molecule has 0 fully saturated rings. The quantitative estimate of drug-likeness (QED) is 0.818. The van der Waals surface area contributed by atoms with Gasteiger partial charge in [-0.25, -0.2) is 14.7 Å². The van der Waals surface area contributed by atoms with Crippen LogP contribution >= 0.6 is 0 Å². The Balaban J connectivity index is 1.93. The van der Waals surface area contributed by atoms with Crippen molar-refractivity contribution in [3.8, 4) is 0 Å². The van der Waals surface area contributed by atoms with Crippen LogP contribution in [0.1, 0.15) is 36.0 Å². The summed E-state index contributed by atoms with van der Waals surface area (Å²) in [4.78, 5) is 16.4. The number of carbonyl (C=O) groups is 1. The summed E-state index contributed by atoms with van der Waals surface area (Å²) < 4.78 is 13.3. The van der Waals surface area contributed by atoms with Gasteiger partial charge in [-0.15, -0.1) is 0 Å². The van der Waals surface area contributed by atoms with Crippen molar-refractivity contribution in [2.24, 2.45) is 0 Å². The molecule has 1 aliphatic carbocycles. The summed E-state index contributed by atoms with van der Waals surface area (Å²) in [5, 5.41) is 0. The van der Waals surface area contributed by atoms with Gasteiger partial charge < -0.3 is 4.84 Å². The zero-order valence-electron chi connectivity index (χ0n) is 9.41. The molecule has 0 radical (unpaired) electrons. The summed E-state index contributed by atoms with van der Waals surface area (Å²) in [7, 11) is 0. The first kappa shape index (κ1) is 11.6. The van der Waals surface area contributed by atoms with Gasteiger partial charge in [0.25, 0.3) is 0 Å². The van der Waals surface area contributed by atoms with Crippen molar-refractivity contribution in [2.45, 2.75) is 25.7 Å². The van der Waals surface area contributed by atoms with Crippen molar-refractivity contribution in [2.75, 3.05) is 0 Å². The normalized spacial score (nSPS) is 15.0. The maximum Gasteiger partial charge on any atom is 0.365 e. The van der Waals surface area contributed by atoms with Crippen molar-refractivity contribution in [1.29, 1.82) is 0 Å². The van der Waals surface area contributed by atoms with Crippen molar-refractivity contribution >= 4 is 5.97 Å². The second-order valence-corrected chi connectivity index (χ2v) is 3.95. The molecule has 0 heterocycles. The van der Waals surface area contributed by atoms with E-state index in [1.54, 1.807) is 6.07 Å². The van der Waals surface area contributed by atoms with E-state index in [-0.39, 0.29) is 5.56 Å². The molecule has 90 valence electrons. The van der Waals surface area contributed by atoms with Gasteiger partial charge in [0.05, 0.1) is 5.56 Å². The molecule has 1 aliphatic rings. The Kier molecular flexibility index (Phi) is 3.75. The molecule has 4 heteroatoms. The fourth-order valence-electron chi connectivity index (χ4n) is 1.72. The highest BCUT2D eigenvalue weighted by atomic mass is 19.1. The zero-order chi connectivity index (χ0) is 12.1. The largest absolute Gasteiger partial charge is 0.365 e. The summed E-state index contributed by atoms with van der Waals surface area (Å²) in [6, 6.07) is 5.76. The van der Waals surface area contributed by atoms with Crippen LogP contribution in [0.15, 0.2) is 36.0 Å². The summed E-state index contributed by atoms with van der Waals surface area (Å²) in [5.74, 6) is -1.27. The number of benzene rings is 1. The first-order chi connectivity index (χ1) is 8.27. The molecule has 1 aromatic rings. The number of nitrogens with one attached hydrogen (secondary N) is 1. The highest BCUT2D eigenvalue weighted by Gasteiger charge is 2.13. The molecule has 0 bridgehead atoms. The van der Waals surface area contributed by atoms with E-state index in [0.717, 1.165) is 31.4 Å². The van der Waals surface area contributed by atoms with Crippen molar-refractivity contribution < 1.29 is 14.0 Å². The predicted octanol–water partition coefficient (Wildman–Crippen LogP) is 2.95. The molecule has 0 amide bonds. The van der Waals surface area contributed by atoms with E-state index in [1.165, 1.54) is 18.2 Å². The zero-order valence-corrected chi connectivity index (χ0v) is 9.41. The average molecular weight is 235 g/mol. The number of hydrogen-bond acceptors (Lipinski definition) is 3. The van der Waals surface area contributed by atoms with Crippen LogP contribution in [0.3, 0.4) is 0 Å². The minimum absolute atomic E-state index is 0.0589. The lowest BCUT2D eigenvalue weighted by molar-refractivity contribution is 0.0309. The van der Waals surface area contributed by atoms with Gasteiger partial charge in [-0.1, -0.05) is 18.2 Å². The molecular weight excluding hydrogens is 221 g/mol. The molecule has 1 N–H and O–H groups in total. The number of rotatable bonds is 3. The summed E-state index contributed by atoms with van der Waals surface area (Å²) in [6.45, 7) is 0. The standard InChI is InChI=1S/C13H14FNO2/c14-12-9-5-4-8-11(12)13(16)17-15-10-6-2-1-3-7-10/h4-6,8-9,15H,1-3,7H2. The van der Waals surface area contributed by atoms with Crippen molar-refractivity contribution in [3.05, 3.63) is 47.4 Å². The minimum atomic E-state index is -0.699. The fraction of sp³-hybridized carbons (Fsp3) is 0.308. The molecule has 0 aliphatic heterocycles. The molecule has 3 nitrogen and oxygen atoms in total. The Hall–Kier alpha value is -1.84. The van der Waals surface area contributed by atoms with Gasteiger partial charge in [-0.3, -0.25) is 0 Å². The number of hydroxylamine groups is 1. The Morgan fingerprint density at radius 1 is 1.29 bits per heavy atom. The smallest absolute Gasteiger partial charge is 0.338 e. The van der Waals surface area contributed by atoms with E-state index < -0.39 is 11.8 Å². The van der Waals surface area contributed by atoms with Gasteiger partial charge in [0, 0.05) is 5.70 Å². The highest BCUT2D eigenvalue weighted by molar-refractivity contribution is 5.89. The topological polar surface area (TPSA) is 38.3 Å². The molecule has 0 unspecified atom stereocenters. The first-order valence-electron chi connectivity index (χ1n) is 5.68. The molecule has 2 rings (SSSR count). The lowest BCUT2D eigenvalue weighted by Gasteiger charge is -2.14. The molecule has 0 saturated heterocycles. The minimum Gasteiger partial charge on any atom is -0.338 e.